The fraction of sp³-hybridized carbons (Fsp3) is 0.618. The number of nitrogens with one attached hydrogen (secondary N) is 2. The number of amides is 4. The number of allylic oxidation sites excluding steroid dienone is 1. The number of cyclic esters (lactones) is 1. The second kappa shape index (κ2) is 13.2. The van der Waals surface area contributed by atoms with Gasteiger partial charge in [0.15, 0.2) is 5.78 Å². The van der Waals surface area contributed by atoms with Crippen LogP contribution in [0, 0.1) is 17.3 Å². The topological polar surface area (TPSA) is 168 Å². The third kappa shape index (κ3) is 6.81. The SMILES string of the molecule is C=C[C@@H]1C[C@]1(CC(=O)[C@@H]1C[C@@H]2CN1C(=O)[C@H](C(C)C)NC(=O)OCCCCc1cccc3c1CN(C3)C(=O)O2)C(=O)NS(=O)(=O)C1CC1. The number of sulfonamides is 1. The van der Waals surface area contributed by atoms with Crippen molar-refractivity contribution in [2.24, 2.45) is 17.3 Å². The number of benzene rings is 1. The van der Waals surface area contributed by atoms with Crippen LogP contribution in [-0.2, 0) is 53.4 Å². The molecule has 260 valence electrons. The molecule has 5 atom stereocenters. The molecule has 5 aliphatic rings. The van der Waals surface area contributed by atoms with Gasteiger partial charge in [-0.05, 0) is 67.1 Å². The maximum Gasteiger partial charge on any atom is 0.410 e. The van der Waals surface area contributed by atoms with Crippen molar-refractivity contribution < 1.29 is 41.9 Å². The Morgan fingerprint density at radius 3 is 2.58 bits per heavy atom. The minimum Gasteiger partial charge on any atom is -0.450 e. The molecule has 3 heterocycles. The molecule has 1 aromatic carbocycles. The van der Waals surface area contributed by atoms with Gasteiger partial charge in [0.2, 0.25) is 21.8 Å². The molecule has 4 bridgehead atoms. The van der Waals surface area contributed by atoms with Crippen LogP contribution in [0.25, 0.3) is 0 Å². The van der Waals surface area contributed by atoms with E-state index < -0.39 is 74.6 Å². The summed E-state index contributed by atoms with van der Waals surface area (Å²) in [4.78, 5) is 70.8. The van der Waals surface area contributed by atoms with Gasteiger partial charge in [-0.15, -0.1) is 6.58 Å². The van der Waals surface area contributed by atoms with Crippen LogP contribution in [0.1, 0.15) is 75.5 Å². The normalized spacial score (nSPS) is 29.4. The van der Waals surface area contributed by atoms with Crippen molar-refractivity contribution in [3.8, 4) is 0 Å². The van der Waals surface area contributed by atoms with Crippen LogP contribution in [0.4, 0.5) is 9.59 Å². The van der Waals surface area contributed by atoms with Gasteiger partial charge in [0.25, 0.3) is 0 Å². The summed E-state index contributed by atoms with van der Waals surface area (Å²) >= 11 is 0. The number of ether oxygens (including phenoxy) is 2. The van der Waals surface area contributed by atoms with E-state index in [-0.39, 0.29) is 38.3 Å². The van der Waals surface area contributed by atoms with E-state index in [0.717, 1.165) is 29.5 Å². The van der Waals surface area contributed by atoms with Gasteiger partial charge in [0.05, 0.1) is 29.9 Å². The van der Waals surface area contributed by atoms with Crippen LogP contribution in [0.15, 0.2) is 30.9 Å². The van der Waals surface area contributed by atoms with E-state index in [1.807, 2.05) is 18.2 Å². The van der Waals surface area contributed by atoms with Crippen molar-refractivity contribution in [1.29, 1.82) is 0 Å². The molecule has 1 aromatic rings. The van der Waals surface area contributed by atoms with Crippen LogP contribution in [0.2, 0.25) is 0 Å². The van der Waals surface area contributed by atoms with Gasteiger partial charge in [-0.25, -0.2) is 18.0 Å². The lowest BCUT2D eigenvalue weighted by molar-refractivity contribution is -0.141. The van der Waals surface area contributed by atoms with Crippen molar-refractivity contribution in [2.45, 2.75) is 102 Å². The number of rotatable bonds is 8. The van der Waals surface area contributed by atoms with Gasteiger partial charge in [-0.3, -0.25) is 24.0 Å². The van der Waals surface area contributed by atoms with E-state index in [0.29, 0.717) is 32.4 Å². The molecule has 48 heavy (non-hydrogen) atoms. The van der Waals surface area contributed by atoms with E-state index in [9.17, 15) is 32.4 Å². The van der Waals surface area contributed by atoms with Gasteiger partial charge in [0.1, 0.15) is 12.1 Å². The Morgan fingerprint density at radius 1 is 1.15 bits per heavy atom. The summed E-state index contributed by atoms with van der Waals surface area (Å²) in [5.74, 6) is -2.54. The lowest BCUT2D eigenvalue weighted by atomic mass is 9.91. The van der Waals surface area contributed by atoms with Gasteiger partial charge >= 0.3 is 12.2 Å². The predicted molar refractivity (Wildman–Crippen MR) is 173 cm³/mol. The number of Topliss-reactive ketones (excluding diaryl/α,β-unsaturated/α-hetero) is 1. The summed E-state index contributed by atoms with van der Waals surface area (Å²) in [6.07, 6.45) is 2.40. The number of fused-ring (bicyclic) bond motifs is 3. The van der Waals surface area contributed by atoms with Crippen molar-refractivity contribution >= 4 is 39.8 Å². The third-order valence-electron chi connectivity index (χ3n) is 10.4. The zero-order valence-corrected chi connectivity index (χ0v) is 28.3. The number of nitrogens with zero attached hydrogens (tertiary/aromatic N) is 2. The number of alkyl carbamates (subject to hydrolysis) is 1. The Hall–Kier alpha value is -3.94. The van der Waals surface area contributed by atoms with Gasteiger partial charge in [0, 0.05) is 25.9 Å². The molecule has 1 saturated heterocycles. The van der Waals surface area contributed by atoms with Crippen LogP contribution >= 0.6 is 0 Å². The first-order chi connectivity index (χ1) is 22.8. The highest BCUT2D eigenvalue weighted by Gasteiger charge is 2.61. The first-order valence-corrected chi connectivity index (χ1v) is 18.4. The van der Waals surface area contributed by atoms with Crippen molar-refractivity contribution in [2.75, 3.05) is 13.2 Å². The summed E-state index contributed by atoms with van der Waals surface area (Å²) in [7, 11) is -3.85. The van der Waals surface area contributed by atoms with Crippen molar-refractivity contribution in [3.63, 3.8) is 0 Å². The number of carbonyl (C=O) groups is 5. The monoisotopic (exact) mass is 684 g/mol. The third-order valence-corrected chi connectivity index (χ3v) is 12.2. The number of ketones is 1. The first kappa shape index (κ1) is 33.9. The Morgan fingerprint density at radius 2 is 1.90 bits per heavy atom. The standard InChI is InChI=1S/C34H44N4O9S/c1-4-23-15-34(23,31(41)36-48(44,45)25-11-12-25)16-28(39)27-14-24-18-38(27)30(40)29(20(2)3)35-32(42)46-13-6-5-8-21-9-7-10-22-17-37(19-26(21)22)33(43)47-24/h4,7,9-10,20,23-25,27,29H,1,5-6,8,11-19H2,2-3H3,(H,35,42)(H,36,41)/t23-,24-,27+,29+,34-/m1/s1. The van der Waals surface area contributed by atoms with Crippen LogP contribution in [-0.4, -0.2) is 84.6 Å². The molecule has 0 spiro atoms. The molecule has 13 nitrogen and oxygen atoms in total. The highest BCUT2D eigenvalue weighted by Crippen LogP contribution is 2.57. The Labute approximate surface area is 280 Å². The summed E-state index contributed by atoms with van der Waals surface area (Å²) in [6, 6.07) is 3.87. The zero-order chi connectivity index (χ0) is 34.4. The Balaban J connectivity index is 1.25. The Kier molecular flexibility index (Phi) is 9.31. The number of carbonyl (C=O) groups excluding carboxylic acids is 5. The second-order valence-corrected chi connectivity index (χ2v) is 16.1. The molecule has 2 aliphatic carbocycles. The highest BCUT2D eigenvalue weighted by atomic mass is 32.2. The summed E-state index contributed by atoms with van der Waals surface area (Å²) in [6.45, 7) is 8.12. The van der Waals surface area contributed by atoms with Crippen molar-refractivity contribution in [1.82, 2.24) is 19.8 Å². The van der Waals surface area contributed by atoms with Crippen LogP contribution < -0.4 is 10.0 Å². The molecule has 0 aromatic heterocycles. The number of hydrogen-bond acceptors (Lipinski definition) is 9. The first-order valence-electron chi connectivity index (χ1n) is 16.8. The minimum atomic E-state index is -3.85. The molecule has 3 fully saturated rings. The largest absolute Gasteiger partial charge is 0.450 e. The van der Waals surface area contributed by atoms with Gasteiger partial charge in [-0.2, -0.15) is 0 Å². The fourth-order valence-electron chi connectivity index (χ4n) is 7.26. The zero-order valence-electron chi connectivity index (χ0n) is 27.4. The maximum absolute atomic E-state index is 14.1. The van der Waals surface area contributed by atoms with Crippen LogP contribution in [0.5, 0.6) is 0 Å². The van der Waals surface area contributed by atoms with Gasteiger partial charge < -0.3 is 19.7 Å². The van der Waals surface area contributed by atoms with Crippen LogP contribution in [0.3, 0.4) is 0 Å². The molecule has 4 amide bonds. The smallest absolute Gasteiger partial charge is 0.410 e. The highest BCUT2D eigenvalue weighted by molar-refractivity contribution is 7.90. The molecular formula is C34H44N4O9S. The molecule has 2 saturated carbocycles. The molecule has 0 unspecified atom stereocenters. The minimum absolute atomic E-state index is 0.00551. The molecule has 6 rings (SSSR count). The quantitative estimate of drug-likeness (QED) is 0.391. The summed E-state index contributed by atoms with van der Waals surface area (Å²) in [5.41, 5.74) is 1.91. The van der Waals surface area contributed by atoms with E-state index in [4.69, 9.17) is 9.47 Å². The molecular weight excluding hydrogens is 640 g/mol. The number of hydrogen-bond donors (Lipinski definition) is 2. The summed E-state index contributed by atoms with van der Waals surface area (Å²) in [5, 5.41) is 2.05. The molecule has 2 N–H and O–H groups in total. The maximum atomic E-state index is 14.1. The molecule has 14 heteroatoms. The van der Waals surface area contributed by atoms with E-state index >= 15 is 0 Å². The number of aryl methyl sites for hydroxylation is 1. The Bertz CT molecular complexity index is 1620. The van der Waals surface area contributed by atoms with E-state index in [2.05, 4.69) is 16.6 Å². The predicted octanol–water partition coefficient (Wildman–Crippen LogP) is 2.96. The van der Waals surface area contributed by atoms with Crippen molar-refractivity contribution in [3.05, 3.63) is 47.5 Å². The lowest BCUT2D eigenvalue weighted by Crippen LogP contribution is -2.54. The second-order valence-electron chi connectivity index (χ2n) is 14.1. The molecule has 0 radical (unpaired) electrons. The van der Waals surface area contributed by atoms with E-state index in [1.165, 1.54) is 4.90 Å². The molecule has 3 aliphatic heterocycles. The van der Waals surface area contributed by atoms with E-state index in [1.54, 1.807) is 24.8 Å². The fourth-order valence-corrected chi connectivity index (χ4v) is 8.64. The average Bonchev–Trinajstić information content (AvgIpc) is 3.93. The average molecular weight is 685 g/mol. The summed E-state index contributed by atoms with van der Waals surface area (Å²) < 4.78 is 38.7. The lowest BCUT2D eigenvalue weighted by Gasteiger charge is -2.30. The van der Waals surface area contributed by atoms with Gasteiger partial charge in [-0.1, -0.05) is 38.1 Å².